The van der Waals surface area contributed by atoms with Gasteiger partial charge in [-0.3, -0.25) is 4.98 Å². The average Bonchev–Trinajstić information content (AvgIpc) is 2.99. The predicted octanol–water partition coefficient (Wildman–Crippen LogP) is 2.10. The number of benzene rings is 1. The van der Waals surface area contributed by atoms with Crippen molar-refractivity contribution < 1.29 is 14.6 Å². The third-order valence-electron chi connectivity index (χ3n) is 4.90. The van der Waals surface area contributed by atoms with Crippen molar-refractivity contribution in [2.45, 2.75) is 44.3 Å². The molecule has 4 rings (SSSR count). The van der Waals surface area contributed by atoms with E-state index in [2.05, 4.69) is 22.1 Å². The number of nitrogens with two attached hydrogens (primary N) is 1. The molecule has 1 aliphatic heterocycles. The molecule has 0 radical (unpaired) electrons. The Balaban J connectivity index is 1.46. The van der Waals surface area contributed by atoms with Gasteiger partial charge in [-0.25, -0.2) is 0 Å². The number of fused-ring (bicyclic) bond motifs is 3. The summed E-state index contributed by atoms with van der Waals surface area (Å²) in [4.78, 5) is 7.96. The SMILES string of the molecule is C[C@H]1OC(OCCc2nccc3c2[nH]c2ccccc23)C[C@@H](N)[C@@H]1O. The normalized spacial score (nSPS) is 27.2. The largest absolute Gasteiger partial charge is 0.389 e. The first-order valence-electron chi connectivity index (χ1n) is 8.68. The van der Waals surface area contributed by atoms with E-state index in [0.29, 0.717) is 19.4 Å². The van der Waals surface area contributed by atoms with Crippen LogP contribution in [0, 0.1) is 0 Å². The quantitative estimate of drug-likeness (QED) is 0.676. The summed E-state index contributed by atoms with van der Waals surface area (Å²) in [5.41, 5.74) is 9.07. The van der Waals surface area contributed by atoms with Crippen molar-refractivity contribution >= 4 is 21.8 Å². The van der Waals surface area contributed by atoms with Gasteiger partial charge < -0.3 is 25.3 Å². The number of rotatable bonds is 4. The first-order chi connectivity index (χ1) is 12.1. The highest BCUT2D eigenvalue weighted by molar-refractivity contribution is 6.07. The Hall–Kier alpha value is -1.99. The molecule has 0 saturated carbocycles. The highest BCUT2D eigenvalue weighted by Crippen LogP contribution is 2.27. The van der Waals surface area contributed by atoms with Crippen LogP contribution in [0.1, 0.15) is 19.0 Å². The molecule has 2 aromatic heterocycles. The zero-order valence-electron chi connectivity index (χ0n) is 14.2. The first-order valence-corrected chi connectivity index (χ1v) is 8.68. The first kappa shape index (κ1) is 16.5. The molecule has 1 unspecified atom stereocenters. The lowest BCUT2D eigenvalue weighted by Crippen LogP contribution is -2.51. The van der Waals surface area contributed by atoms with Crippen molar-refractivity contribution in [3.63, 3.8) is 0 Å². The topological polar surface area (TPSA) is 93.4 Å². The van der Waals surface area contributed by atoms with E-state index in [1.807, 2.05) is 31.3 Å². The zero-order chi connectivity index (χ0) is 17.4. The second-order valence-corrected chi connectivity index (χ2v) is 6.63. The van der Waals surface area contributed by atoms with Crippen LogP contribution in [0.15, 0.2) is 36.5 Å². The third kappa shape index (κ3) is 3.14. The molecule has 1 aliphatic rings. The van der Waals surface area contributed by atoms with Gasteiger partial charge in [-0.2, -0.15) is 0 Å². The monoisotopic (exact) mass is 341 g/mol. The maximum Gasteiger partial charge on any atom is 0.159 e. The molecule has 1 fully saturated rings. The summed E-state index contributed by atoms with van der Waals surface area (Å²) in [6.07, 6.45) is 1.68. The zero-order valence-corrected chi connectivity index (χ0v) is 14.2. The molecule has 4 N–H and O–H groups in total. The lowest BCUT2D eigenvalue weighted by molar-refractivity contribution is -0.221. The number of hydrogen-bond acceptors (Lipinski definition) is 5. The summed E-state index contributed by atoms with van der Waals surface area (Å²) in [6, 6.07) is 9.96. The summed E-state index contributed by atoms with van der Waals surface area (Å²) >= 11 is 0. The smallest absolute Gasteiger partial charge is 0.159 e. The summed E-state index contributed by atoms with van der Waals surface area (Å²) in [5.74, 6) is 0. The molecule has 3 heterocycles. The predicted molar refractivity (Wildman–Crippen MR) is 96.2 cm³/mol. The minimum absolute atomic E-state index is 0.316. The van der Waals surface area contributed by atoms with E-state index in [1.54, 1.807) is 0 Å². The highest BCUT2D eigenvalue weighted by Gasteiger charge is 2.33. The van der Waals surface area contributed by atoms with E-state index in [0.717, 1.165) is 16.7 Å². The molecule has 1 aromatic carbocycles. The Morgan fingerprint density at radius 3 is 3.00 bits per heavy atom. The molecule has 132 valence electrons. The van der Waals surface area contributed by atoms with Crippen molar-refractivity contribution in [1.29, 1.82) is 0 Å². The second-order valence-electron chi connectivity index (χ2n) is 6.63. The maximum atomic E-state index is 9.84. The molecule has 0 amide bonds. The second kappa shape index (κ2) is 6.72. The fraction of sp³-hybridized carbons (Fsp3) is 0.421. The molecule has 0 bridgehead atoms. The number of nitrogens with one attached hydrogen (secondary N) is 1. The van der Waals surface area contributed by atoms with Gasteiger partial charge in [0, 0.05) is 41.4 Å². The Morgan fingerprint density at radius 1 is 1.32 bits per heavy atom. The van der Waals surface area contributed by atoms with Crippen LogP contribution in [0.5, 0.6) is 0 Å². The molecular formula is C19H23N3O3. The average molecular weight is 341 g/mol. The van der Waals surface area contributed by atoms with Crippen LogP contribution in [0.2, 0.25) is 0 Å². The number of pyridine rings is 1. The Kier molecular flexibility index (Phi) is 4.43. The minimum atomic E-state index is -0.637. The van der Waals surface area contributed by atoms with E-state index >= 15 is 0 Å². The van der Waals surface area contributed by atoms with Gasteiger partial charge in [-0.15, -0.1) is 0 Å². The van der Waals surface area contributed by atoms with E-state index in [9.17, 15) is 5.11 Å². The van der Waals surface area contributed by atoms with E-state index < -0.39 is 6.10 Å². The number of aromatic amines is 1. The lowest BCUT2D eigenvalue weighted by atomic mass is 10.0. The van der Waals surface area contributed by atoms with E-state index in [4.69, 9.17) is 15.2 Å². The Labute approximate surface area is 145 Å². The van der Waals surface area contributed by atoms with Gasteiger partial charge in [0.2, 0.25) is 0 Å². The molecule has 25 heavy (non-hydrogen) atoms. The van der Waals surface area contributed by atoms with Gasteiger partial charge in [0.05, 0.1) is 30.0 Å². The molecule has 0 spiro atoms. The Morgan fingerprint density at radius 2 is 2.16 bits per heavy atom. The number of aliphatic hydroxyl groups is 1. The molecule has 0 aliphatic carbocycles. The van der Waals surface area contributed by atoms with Gasteiger partial charge in [-0.05, 0) is 19.1 Å². The van der Waals surface area contributed by atoms with Crippen LogP contribution in [-0.2, 0) is 15.9 Å². The lowest BCUT2D eigenvalue weighted by Gasteiger charge is -2.35. The molecule has 6 nitrogen and oxygen atoms in total. The van der Waals surface area contributed by atoms with Crippen LogP contribution in [-0.4, -0.2) is 46.2 Å². The Bertz CT molecular complexity index is 867. The fourth-order valence-electron chi connectivity index (χ4n) is 3.50. The third-order valence-corrected chi connectivity index (χ3v) is 4.90. The van der Waals surface area contributed by atoms with Crippen LogP contribution in [0.4, 0.5) is 0 Å². The molecule has 1 saturated heterocycles. The number of aromatic nitrogens is 2. The van der Waals surface area contributed by atoms with E-state index in [1.165, 1.54) is 10.8 Å². The summed E-state index contributed by atoms with van der Waals surface area (Å²) in [6.45, 7) is 2.30. The van der Waals surface area contributed by atoms with Gasteiger partial charge in [0.1, 0.15) is 0 Å². The number of hydrogen-bond donors (Lipinski definition) is 3. The van der Waals surface area contributed by atoms with Crippen LogP contribution >= 0.6 is 0 Å². The van der Waals surface area contributed by atoms with Gasteiger partial charge in [0.25, 0.3) is 0 Å². The van der Waals surface area contributed by atoms with Crippen molar-refractivity contribution in [2.24, 2.45) is 5.73 Å². The highest BCUT2D eigenvalue weighted by atomic mass is 16.7. The minimum Gasteiger partial charge on any atom is -0.389 e. The van der Waals surface area contributed by atoms with Gasteiger partial charge in [0.15, 0.2) is 6.29 Å². The summed E-state index contributed by atoms with van der Waals surface area (Å²) in [7, 11) is 0. The van der Waals surface area contributed by atoms with Crippen LogP contribution in [0.3, 0.4) is 0 Å². The van der Waals surface area contributed by atoms with Gasteiger partial charge in [-0.1, -0.05) is 18.2 Å². The van der Waals surface area contributed by atoms with E-state index in [-0.39, 0.29) is 18.4 Å². The number of H-pyrrole nitrogens is 1. The number of para-hydroxylation sites is 1. The van der Waals surface area contributed by atoms with Crippen molar-refractivity contribution in [1.82, 2.24) is 9.97 Å². The van der Waals surface area contributed by atoms with Gasteiger partial charge >= 0.3 is 0 Å². The standard InChI is InChI=1S/C19H23N3O3/c1-11-19(23)14(20)10-17(25-11)24-9-7-16-18-13(6-8-21-16)12-4-2-3-5-15(12)22-18/h2-6,8,11,14,17,19,22-23H,7,9-10,20H2,1H3/t11-,14-,17?,19-/m1/s1. The number of nitrogens with zero attached hydrogens (tertiary/aromatic N) is 1. The van der Waals surface area contributed by atoms with Crippen molar-refractivity contribution in [2.75, 3.05) is 6.61 Å². The molecule has 4 atom stereocenters. The molecule has 3 aromatic rings. The fourth-order valence-corrected chi connectivity index (χ4v) is 3.50. The van der Waals surface area contributed by atoms with Crippen LogP contribution in [0.25, 0.3) is 21.8 Å². The number of aliphatic hydroxyl groups excluding tert-OH is 1. The molecule has 6 heteroatoms. The maximum absolute atomic E-state index is 9.84. The molecular weight excluding hydrogens is 318 g/mol. The van der Waals surface area contributed by atoms with Crippen LogP contribution < -0.4 is 5.73 Å². The van der Waals surface area contributed by atoms with Crippen molar-refractivity contribution in [3.8, 4) is 0 Å². The number of ether oxygens (including phenoxy) is 2. The summed E-state index contributed by atoms with van der Waals surface area (Å²) in [5, 5.41) is 12.2. The van der Waals surface area contributed by atoms with Crippen molar-refractivity contribution in [3.05, 3.63) is 42.2 Å². The summed E-state index contributed by atoms with van der Waals surface area (Å²) < 4.78 is 11.5.